The second kappa shape index (κ2) is 9.91. The summed E-state index contributed by atoms with van der Waals surface area (Å²) in [6.45, 7) is 2.24. The standard InChI is InChI=1S/C26H21BrClNO5/c1-3-34-21-13-16(9-12-20(21)33-2)23-22(24(30)15-7-10-17(27)11-8-15)25(31)26(32)29(23)19-6-4-5-18(28)14-19/h4-14,23,30H,3H2,1-2H3/b24-22-. The number of methoxy groups -OCH3 is 1. The summed E-state index contributed by atoms with van der Waals surface area (Å²) in [6.07, 6.45) is 0. The van der Waals surface area contributed by atoms with Crippen LogP contribution in [0, 0.1) is 0 Å². The van der Waals surface area contributed by atoms with Crippen LogP contribution >= 0.6 is 27.5 Å². The zero-order valence-electron chi connectivity index (χ0n) is 18.4. The minimum Gasteiger partial charge on any atom is -0.507 e. The predicted molar refractivity (Wildman–Crippen MR) is 135 cm³/mol. The topological polar surface area (TPSA) is 76.1 Å². The van der Waals surface area contributed by atoms with Crippen molar-refractivity contribution in [1.82, 2.24) is 0 Å². The monoisotopic (exact) mass is 541 g/mol. The van der Waals surface area contributed by atoms with E-state index in [1.165, 1.54) is 12.0 Å². The van der Waals surface area contributed by atoms with Crippen LogP contribution in [0.4, 0.5) is 5.69 Å². The number of benzene rings is 3. The molecule has 1 amide bonds. The van der Waals surface area contributed by atoms with E-state index in [0.29, 0.717) is 39.9 Å². The van der Waals surface area contributed by atoms with Crippen molar-refractivity contribution in [1.29, 1.82) is 0 Å². The molecular weight excluding hydrogens is 522 g/mol. The molecule has 1 N–H and O–H groups in total. The van der Waals surface area contributed by atoms with Crippen LogP contribution in [-0.4, -0.2) is 30.5 Å². The molecule has 4 rings (SSSR count). The highest BCUT2D eigenvalue weighted by molar-refractivity contribution is 9.10. The summed E-state index contributed by atoms with van der Waals surface area (Å²) >= 11 is 9.56. The maximum absolute atomic E-state index is 13.3. The number of aliphatic hydroxyl groups is 1. The number of carbonyl (C=O) groups excluding carboxylic acids is 2. The molecule has 8 heteroatoms. The third kappa shape index (κ3) is 4.41. The van der Waals surface area contributed by atoms with E-state index in [-0.39, 0.29) is 11.3 Å². The Morgan fingerprint density at radius 1 is 1.06 bits per heavy atom. The lowest BCUT2D eigenvalue weighted by Gasteiger charge is -2.26. The van der Waals surface area contributed by atoms with Gasteiger partial charge in [-0.3, -0.25) is 14.5 Å². The van der Waals surface area contributed by atoms with Gasteiger partial charge in [0, 0.05) is 20.7 Å². The summed E-state index contributed by atoms with van der Waals surface area (Å²) in [4.78, 5) is 27.9. The van der Waals surface area contributed by atoms with E-state index >= 15 is 0 Å². The van der Waals surface area contributed by atoms with Crippen LogP contribution in [0.2, 0.25) is 5.02 Å². The number of aliphatic hydroxyl groups excluding tert-OH is 1. The Hall–Kier alpha value is -3.29. The van der Waals surface area contributed by atoms with Crippen LogP contribution in [0.3, 0.4) is 0 Å². The first kappa shape index (κ1) is 23.9. The van der Waals surface area contributed by atoms with Crippen LogP contribution in [0.25, 0.3) is 5.76 Å². The van der Waals surface area contributed by atoms with E-state index in [2.05, 4.69) is 15.9 Å². The van der Waals surface area contributed by atoms with E-state index in [9.17, 15) is 14.7 Å². The van der Waals surface area contributed by atoms with Gasteiger partial charge >= 0.3 is 0 Å². The summed E-state index contributed by atoms with van der Waals surface area (Å²) in [6, 6.07) is 17.8. The first-order valence-corrected chi connectivity index (χ1v) is 11.7. The van der Waals surface area contributed by atoms with Crippen molar-refractivity contribution in [2.45, 2.75) is 13.0 Å². The van der Waals surface area contributed by atoms with Crippen molar-refractivity contribution in [3.05, 3.63) is 92.9 Å². The Morgan fingerprint density at radius 3 is 2.44 bits per heavy atom. The summed E-state index contributed by atoms with van der Waals surface area (Å²) in [5.74, 6) is -0.853. The Bertz CT molecular complexity index is 1290. The zero-order valence-corrected chi connectivity index (χ0v) is 20.8. The molecule has 1 aliphatic rings. The number of amides is 1. The number of halogens is 2. The molecule has 3 aromatic carbocycles. The molecule has 1 saturated heterocycles. The van der Waals surface area contributed by atoms with Crippen LogP contribution in [0.1, 0.15) is 24.1 Å². The van der Waals surface area contributed by atoms with Gasteiger partial charge in [-0.25, -0.2) is 0 Å². The fourth-order valence-electron chi connectivity index (χ4n) is 3.94. The normalized spacial score (nSPS) is 17.2. The van der Waals surface area contributed by atoms with E-state index < -0.39 is 17.7 Å². The minimum atomic E-state index is -0.910. The molecule has 0 bridgehead atoms. The number of rotatable bonds is 6. The largest absolute Gasteiger partial charge is 0.507 e. The number of anilines is 1. The van der Waals surface area contributed by atoms with Gasteiger partial charge in [0.25, 0.3) is 11.7 Å². The summed E-state index contributed by atoms with van der Waals surface area (Å²) in [5, 5.41) is 11.6. The molecule has 1 unspecified atom stereocenters. The number of hydrogen-bond acceptors (Lipinski definition) is 5. The molecule has 1 atom stereocenters. The highest BCUT2D eigenvalue weighted by Gasteiger charge is 2.47. The second-order valence-electron chi connectivity index (χ2n) is 7.50. The molecular formula is C26H21BrClNO5. The number of ketones is 1. The number of Topliss-reactive ketones (excluding diaryl/α,β-unsaturated/α-hetero) is 1. The Kier molecular flexibility index (Phi) is 6.95. The lowest BCUT2D eigenvalue weighted by Crippen LogP contribution is -2.29. The van der Waals surface area contributed by atoms with Crippen molar-refractivity contribution in [2.24, 2.45) is 0 Å². The summed E-state index contributed by atoms with van der Waals surface area (Å²) < 4.78 is 11.9. The van der Waals surface area contributed by atoms with Gasteiger partial charge in [-0.15, -0.1) is 0 Å². The Balaban J connectivity index is 1.96. The highest BCUT2D eigenvalue weighted by Crippen LogP contribution is 2.44. The molecule has 0 spiro atoms. The van der Waals surface area contributed by atoms with Crippen molar-refractivity contribution >= 4 is 50.7 Å². The fraction of sp³-hybridized carbons (Fsp3) is 0.154. The van der Waals surface area contributed by atoms with Crippen LogP contribution in [0.15, 0.2) is 76.8 Å². The molecule has 1 heterocycles. The Morgan fingerprint density at radius 2 is 1.79 bits per heavy atom. The lowest BCUT2D eigenvalue weighted by atomic mass is 9.94. The maximum atomic E-state index is 13.3. The first-order valence-electron chi connectivity index (χ1n) is 10.5. The number of nitrogens with zero attached hydrogens (tertiary/aromatic N) is 1. The van der Waals surface area contributed by atoms with Gasteiger partial charge in [0.15, 0.2) is 11.5 Å². The molecule has 0 saturated carbocycles. The average molecular weight is 543 g/mol. The summed E-state index contributed by atoms with van der Waals surface area (Å²) in [5.41, 5.74) is 1.39. The molecule has 34 heavy (non-hydrogen) atoms. The lowest BCUT2D eigenvalue weighted by molar-refractivity contribution is -0.132. The molecule has 174 valence electrons. The molecule has 1 fully saturated rings. The molecule has 0 aromatic heterocycles. The molecule has 0 aliphatic carbocycles. The number of ether oxygens (including phenoxy) is 2. The smallest absolute Gasteiger partial charge is 0.300 e. The minimum absolute atomic E-state index is 0.0279. The molecule has 3 aromatic rings. The van der Waals surface area contributed by atoms with Crippen LogP contribution < -0.4 is 14.4 Å². The van der Waals surface area contributed by atoms with Crippen LogP contribution in [-0.2, 0) is 9.59 Å². The molecule has 1 aliphatic heterocycles. The predicted octanol–water partition coefficient (Wildman–Crippen LogP) is 6.14. The third-order valence-corrected chi connectivity index (χ3v) is 6.22. The van der Waals surface area contributed by atoms with Gasteiger partial charge in [-0.2, -0.15) is 0 Å². The SMILES string of the molecule is CCOc1cc(C2/C(=C(/O)c3ccc(Br)cc3)C(=O)C(=O)N2c2cccc(Cl)c2)ccc1OC. The van der Waals surface area contributed by atoms with E-state index in [1.54, 1.807) is 66.7 Å². The van der Waals surface area contributed by atoms with Gasteiger partial charge < -0.3 is 14.6 Å². The van der Waals surface area contributed by atoms with E-state index in [4.69, 9.17) is 21.1 Å². The Labute approximate surface area is 210 Å². The van der Waals surface area contributed by atoms with Gasteiger partial charge in [-0.1, -0.05) is 51.8 Å². The van der Waals surface area contributed by atoms with E-state index in [1.807, 2.05) is 6.92 Å². The van der Waals surface area contributed by atoms with Gasteiger partial charge in [0.2, 0.25) is 0 Å². The van der Waals surface area contributed by atoms with Crippen molar-refractivity contribution < 1.29 is 24.2 Å². The first-order chi connectivity index (χ1) is 16.3. The number of hydrogen-bond donors (Lipinski definition) is 1. The number of carbonyl (C=O) groups is 2. The third-order valence-electron chi connectivity index (χ3n) is 5.45. The van der Waals surface area contributed by atoms with Crippen molar-refractivity contribution in [2.75, 3.05) is 18.6 Å². The highest BCUT2D eigenvalue weighted by atomic mass is 79.9. The van der Waals surface area contributed by atoms with Gasteiger partial charge in [0.1, 0.15) is 5.76 Å². The fourth-order valence-corrected chi connectivity index (χ4v) is 4.38. The van der Waals surface area contributed by atoms with Gasteiger partial charge in [0.05, 0.1) is 25.3 Å². The quantitative estimate of drug-likeness (QED) is 0.230. The molecule has 0 radical (unpaired) electrons. The van der Waals surface area contributed by atoms with Crippen LogP contribution in [0.5, 0.6) is 11.5 Å². The maximum Gasteiger partial charge on any atom is 0.300 e. The van der Waals surface area contributed by atoms with Crippen molar-refractivity contribution in [3.8, 4) is 11.5 Å². The summed E-state index contributed by atoms with van der Waals surface area (Å²) in [7, 11) is 1.53. The zero-order chi connectivity index (χ0) is 24.4. The average Bonchev–Trinajstić information content (AvgIpc) is 3.09. The van der Waals surface area contributed by atoms with Crippen molar-refractivity contribution in [3.63, 3.8) is 0 Å². The van der Waals surface area contributed by atoms with E-state index in [0.717, 1.165) is 4.47 Å². The second-order valence-corrected chi connectivity index (χ2v) is 8.85. The van der Waals surface area contributed by atoms with Gasteiger partial charge in [-0.05, 0) is 55.0 Å². The molecule has 6 nitrogen and oxygen atoms in total.